The molecule has 1 aromatic heterocycles. The summed E-state index contributed by atoms with van der Waals surface area (Å²) in [4.78, 5) is 16.4. The zero-order valence-electron chi connectivity index (χ0n) is 20.0. The molecular weight excluding hydrogens is 423 g/mol. The van der Waals surface area contributed by atoms with Gasteiger partial charge in [0, 0.05) is 29.2 Å². The molecule has 4 rings (SSSR count). The van der Waals surface area contributed by atoms with E-state index in [-0.39, 0.29) is 5.91 Å². The van der Waals surface area contributed by atoms with Crippen LogP contribution in [-0.4, -0.2) is 17.4 Å². The topological polar surface area (TPSA) is 44.9 Å². The number of H-pyrrole nitrogens is 1. The Morgan fingerprint density at radius 2 is 1.91 bits per heavy atom. The third-order valence-corrected chi connectivity index (χ3v) is 6.31. The second-order valence-electron chi connectivity index (χ2n) is 8.76. The molecule has 0 radical (unpaired) electrons. The number of fused-ring (bicyclic) bond motifs is 1. The molecule has 2 N–H and O–H groups in total. The number of aromatic amines is 1. The van der Waals surface area contributed by atoms with E-state index in [0.717, 1.165) is 29.5 Å². The van der Waals surface area contributed by atoms with E-state index in [2.05, 4.69) is 35.4 Å². The maximum atomic E-state index is 15.1. The first-order valence-corrected chi connectivity index (χ1v) is 11.8. The van der Waals surface area contributed by atoms with Crippen molar-refractivity contribution >= 4 is 16.8 Å². The second-order valence-corrected chi connectivity index (χ2v) is 8.76. The highest BCUT2D eigenvalue weighted by Gasteiger charge is 2.23. The first-order valence-electron chi connectivity index (χ1n) is 11.8. The predicted octanol–water partition coefficient (Wildman–Crippen LogP) is 7.13. The summed E-state index contributed by atoms with van der Waals surface area (Å²) < 4.78 is 15.1. The molecule has 0 saturated heterocycles. The van der Waals surface area contributed by atoms with Crippen molar-refractivity contribution < 1.29 is 9.18 Å². The number of carbonyl (C=O) groups excluding carboxylic acids is 1. The third-order valence-electron chi connectivity index (χ3n) is 6.31. The van der Waals surface area contributed by atoms with Crippen LogP contribution in [0.15, 0.2) is 85.1 Å². The van der Waals surface area contributed by atoms with E-state index in [1.165, 1.54) is 16.5 Å². The second kappa shape index (κ2) is 10.1. The SMILES string of the molecule is CC=CC(C)(F)c1cccc(-c2ccccc2C(=O)NCCc2c[nH]c3ccc(CC)cc23)c1. The standard InChI is InChI=1S/C30H31FN2O/c1-4-16-30(3,31)24-10-8-9-22(19-24)25-11-6-7-12-26(25)29(34)32-17-15-23-20-33-28-14-13-21(5-2)18-27(23)28/h4,6-14,16,18-20,33H,5,15,17H2,1-3H3,(H,32,34). The Labute approximate surface area is 200 Å². The van der Waals surface area contributed by atoms with Gasteiger partial charge in [-0.05, 0) is 84.8 Å². The summed E-state index contributed by atoms with van der Waals surface area (Å²) in [7, 11) is 0. The van der Waals surface area contributed by atoms with Gasteiger partial charge < -0.3 is 10.3 Å². The molecule has 0 spiro atoms. The van der Waals surface area contributed by atoms with Gasteiger partial charge in [0.2, 0.25) is 0 Å². The van der Waals surface area contributed by atoms with Crippen LogP contribution >= 0.6 is 0 Å². The summed E-state index contributed by atoms with van der Waals surface area (Å²) in [6, 6.07) is 21.3. The van der Waals surface area contributed by atoms with Gasteiger partial charge in [-0.15, -0.1) is 0 Å². The van der Waals surface area contributed by atoms with E-state index >= 15 is 4.39 Å². The molecular formula is C30H31FN2O. The van der Waals surface area contributed by atoms with E-state index < -0.39 is 5.67 Å². The third kappa shape index (κ3) is 4.96. The lowest BCUT2D eigenvalue weighted by Crippen LogP contribution is -2.26. The van der Waals surface area contributed by atoms with Crippen LogP contribution in [0.5, 0.6) is 0 Å². The van der Waals surface area contributed by atoms with Crippen LogP contribution in [0.25, 0.3) is 22.0 Å². The Balaban J connectivity index is 1.52. The zero-order chi connectivity index (χ0) is 24.1. The van der Waals surface area contributed by atoms with Crippen molar-refractivity contribution in [2.24, 2.45) is 0 Å². The van der Waals surface area contributed by atoms with Gasteiger partial charge in [0.25, 0.3) is 5.91 Å². The number of benzene rings is 3. The molecule has 3 aromatic carbocycles. The molecule has 1 unspecified atom stereocenters. The van der Waals surface area contributed by atoms with Crippen molar-refractivity contribution in [2.75, 3.05) is 6.54 Å². The van der Waals surface area contributed by atoms with E-state index in [4.69, 9.17) is 0 Å². The van der Waals surface area contributed by atoms with Crippen LogP contribution in [0.3, 0.4) is 0 Å². The average molecular weight is 455 g/mol. The highest BCUT2D eigenvalue weighted by Crippen LogP contribution is 2.32. The van der Waals surface area contributed by atoms with Gasteiger partial charge in [0.15, 0.2) is 5.67 Å². The Morgan fingerprint density at radius 3 is 2.71 bits per heavy atom. The van der Waals surface area contributed by atoms with Gasteiger partial charge in [-0.2, -0.15) is 0 Å². The summed E-state index contributed by atoms with van der Waals surface area (Å²) in [5.41, 5.74) is 4.78. The lowest BCUT2D eigenvalue weighted by molar-refractivity contribution is 0.0955. The van der Waals surface area contributed by atoms with Crippen molar-refractivity contribution in [3.63, 3.8) is 0 Å². The van der Waals surface area contributed by atoms with Crippen molar-refractivity contribution in [1.82, 2.24) is 10.3 Å². The average Bonchev–Trinajstić information content (AvgIpc) is 3.26. The van der Waals surface area contributed by atoms with Gasteiger partial charge in [-0.3, -0.25) is 4.79 Å². The number of nitrogens with one attached hydrogen (secondary N) is 2. The minimum absolute atomic E-state index is 0.133. The number of carbonyl (C=O) groups is 1. The van der Waals surface area contributed by atoms with E-state index in [1.54, 1.807) is 32.1 Å². The van der Waals surface area contributed by atoms with Crippen LogP contribution in [0, 0.1) is 0 Å². The largest absolute Gasteiger partial charge is 0.361 e. The van der Waals surface area contributed by atoms with Gasteiger partial charge >= 0.3 is 0 Å². The van der Waals surface area contributed by atoms with Crippen molar-refractivity contribution in [2.45, 2.75) is 39.3 Å². The summed E-state index contributed by atoms with van der Waals surface area (Å²) in [5.74, 6) is -0.133. The number of alkyl halides is 1. The molecule has 0 aliphatic rings. The number of aromatic nitrogens is 1. The van der Waals surface area contributed by atoms with Crippen molar-refractivity contribution in [3.05, 3.63) is 107 Å². The van der Waals surface area contributed by atoms with Gasteiger partial charge in [-0.1, -0.05) is 55.5 Å². The zero-order valence-corrected chi connectivity index (χ0v) is 20.0. The molecule has 4 heteroatoms. The number of hydrogen-bond acceptors (Lipinski definition) is 1. The Kier molecular flexibility index (Phi) is 6.97. The van der Waals surface area contributed by atoms with Gasteiger partial charge in [0.05, 0.1) is 0 Å². The fourth-order valence-electron chi connectivity index (χ4n) is 4.39. The fraction of sp³-hybridized carbons (Fsp3) is 0.233. The molecule has 1 amide bonds. The number of amides is 1. The fourth-order valence-corrected chi connectivity index (χ4v) is 4.39. The van der Waals surface area contributed by atoms with Crippen molar-refractivity contribution in [3.8, 4) is 11.1 Å². The number of rotatable bonds is 8. The van der Waals surface area contributed by atoms with Gasteiger partial charge in [0.1, 0.15) is 0 Å². The van der Waals surface area contributed by atoms with Crippen LogP contribution in [-0.2, 0) is 18.5 Å². The maximum absolute atomic E-state index is 15.1. The quantitative estimate of drug-likeness (QED) is 0.273. The molecule has 0 saturated carbocycles. The van der Waals surface area contributed by atoms with Crippen LogP contribution in [0.2, 0.25) is 0 Å². The Hall–Kier alpha value is -3.66. The first kappa shape index (κ1) is 23.5. The first-order chi connectivity index (χ1) is 16.4. The molecule has 174 valence electrons. The minimum Gasteiger partial charge on any atom is -0.361 e. The summed E-state index contributed by atoms with van der Waals surface area (Å²) in [6.07, 6.45) is 7.00. The van der Waals surface area contributed by atoms with E-state index in [0.29, 0.717) is 17.7 Å². The maximum Gasteiger partial charge on any atom is 0.251 e. The smallest absolute Gasteiger partial charge is 0.251 e. The van der Waals surface area contributed by atoms with E-state index in [1.807, 2.05) is 48.7 Å². The molecule has 1 heterocycles. The summed E-state index contributed by atoms with van der Waals surface area (Å²) in [5, 5.41) is 4.28. The van der Waals surface area contributed by atoms with Crippen molar-refractivity contribution in [1.29, 1.82) is 0 Å². The number of hydrogen-bond donors (Lipinski definition) is 2. The molecule has 0 bridgehead atoms. The summed E-state index contributed by atoms with van der Waals surface area (Å²) >= 11 is 0. The predicted molar refractivity (Wildman–Crippen MR) is 139 cm³/mol. The number of aryl methyl sites for hydroxylation is 1. The minimum atomic E-state index is -1.57. The van der Waals surface area contributed by atoms with Crippen LogP contribution in [0.4, 0.5) is 4.39 Å². The normalized spacial score (nSPS) is 13.3. The van der Waals surface area contributed by atoms with Gasteiger partial charge in [-0.25, -0.2) is 4.39 Å². The molecule has 0 aliphatic carbocycles. The van der Waals surface area contributed by atoms with Crippen LogP contribution < -0.4 is 5.32 Å². The van der Waals surface area contributed by atoms with Crippen LogP contribution in [0.1, 0.15) is 47.8 Å². The monoisotopic (exact) mass is 454 g/mol. The lowest BCUT2D eigenvalue weighted by atomic mass is 9.92. The van der Waals surface area contributed by atoms with E-state index in [9.17, 15) is 4.79 Å². The molecule has 1 atom stereocenters. The molecule has 34 heavy (non-hydrogen) atoms. The molecule has 0 aliphatic heterocycles. The highest BCUT2D eigenvalue weighted by molar-refractivity contribution is 6.01. The molecule has 0 fully saturated rings. The highest BCUT2D eigenvalue weighted by atomic mass is 19.1. The lowest BCUT2D eigenvalue weighted by Gasteiger charge is -2.18. The molecule has 3 nitrogen and oxygen atoms in total. The number of halogens is 1. The Bertz CT molecular complexity index is 1330. The Morgan fingerprint density at radius 1 is 1.09 bits per heavy atom. The number of allylic oxidation sites excluding steroid dienone is 2. The summed E-state index contributed by atoms with van der Waals surface area (Å²) in [6.45, 7) is 6.02. The molecule has 4 aromatic rings.